The van der Waals surface area contributed by atoms with Crippen molar-refractivity contribution < 1.29 is 26.0 Å². The molecule has 0 amide bonds. The average molecular weight is 518 g/mol. The summed E-state index contributed by atoms with van der Waals surface area (Å²) in [6, 6.07) is 17.5. The molecule has 0 saturated heterocycles. The molecule has 1 N–H and O–H groups in total. The normalized spacial score (nSPS) is 16.1. The Morgan fingerprint density at radius 1 is 1.03 bits per heavy atom. The van der Waals surface area contributed by atoms with E-state index in [1.807, 2.05) is 0 Å². The Morgan fingerprint density at radius 2 is 1.74 bits per heavy atom. The molecule has 3 aromatic carbocycles. The van der Waals surface area contributed by atoms with Gasteiger partial charge in [-0.15, -0.1) is 0 Å². The van der Waals surface area contributed by atoms with Gasteiger partial charge in [-0.3, -0.25) is 4.72 Å². The van der Waals surface area contributed by atoms with Crippen LogP contribution >= 0.6 is 0 Å². The van der Waals surface area contributed by atoms with E-state index in [1.54, 1.807) is 48.5 Å². The summed E-state index contributed by atoms with van der Waals surface area (Å²) in [4.78, 5) is -0.0961. The van der Waals surface area contributed by atoms with Gasteiger partial charge in [-0.1, -0.05) is 24.3 Å². The number of halogens is 1. The number of hydrazone groups is 1. The highest BCUT2D eigenvalue weighted by Gasteiger charge is 2.38. The van der Waals surface area contributed by atoms with Crippen molar-refractivity contribution in [2.75, 3.05) is 17.6 Å². The summed E-state index contributed by atoms with van der Waals surface area (Å²) >= 11 is 0. The minimum atomic E-state index is -4.13. The summed E-state index contributed by atoms with van der Waals surface area (Å²) in [5.74, 6) is -0.0731. The number of anilines is 1. The van der Waals surface area contributed by atoms with Crippen molar-refractivity contribution in [2.24, 2.45) is 5.10 Å². The Morgan fingerprint density at radius 3 is 2.43 bits per heavy atom. The molecule has 0 unspecified atom stereocenters. The van der Waals surface area contributed by atoms with Crippen molar-refractivity contribution in [2.45, 2.75) is 24.3 Å². The van der Waals surface area contributed by atoms with Gasteiger partial charge in [0.15, 0.2) is 0 Å². The summed E-state index contributed by atoms with van der Waals surface area (Å²) in [6.07, 6.45) is 0.234. The van der Waals surface area contributed by atoms with Crippen LogP contribution in [0.4, 0.5) is 10.1 Å². The lowest BCUT2D eigenvalue weighted by Gasteiger charge is -2.23. The molecule has 1 atom stereocenters. The van der Waals surface area contributed by atoms with Crippen LogP contribution in [0.25, 0.3) is 0 Å². The van der Waals surface area contributed by atoms with Crippen LogP contribution in [-0.2, 0) is 20.0 Å². The van der Waals surface area contributed by atoms with Crippen molar-refractivity contribution in [3.63, 3.8) is 0 Å². The molecule has 1 aliphatic rings. The van der Waals surface area contributed by atoms with E-state index in [0.717, 1.165) is 16.5 Å². The maximum Gasteiger partial charge on any atom is 0.279 e. The fraction of sp³-hybridized carbons (Fsp3) is 0.208. The van der Waals surface area contributed by atoms with Crippen LogP contribution in [0, 0.1) is 5.82 Å². The summed E-state index contributed by atoms with van der Waals surface area (Å²) in [7, 11) is -6.10. The summed E-state index contributed by atoms with van der Waals surface area (Å²) in [5.41, 5.74) is 2.05. The largest absolute Gasteiger partial charge is 0.497 e. The smallest absolute Gasteiger partial charge is 0.279 e. The summed E-state index contributed by atoms with van der Waals surface area (Å²) in [5, 5.41) is 4.45. The number of ether oxygens (including phenoxy) is 1. The van der Waals surface area contributed by atoms with E-state index in [9.17, 15) is 21.2 Å². The van der Waals surface area contributed by atoms with Gasteiger partial charge in [0.1, 0.15) is 11.6 Å². The first-order chi connectivity index (χ1) is 16.6. The van der Waals surface area contributed by atoms with Crippen molar-refractivity contribution in [3.05, 3.63) is 89.7 Å². The molecule has 0 aromatic heterocycles. The Kier molecular flexibility index (Phi) is 6.82. The number of hydrogen-bond donors (Lipinski definition) is 1. The van der Waals surface area contributed by atoms with E-state index in [1.165, 1.54) is 26.2 Å². The highest BCUT2D eigenvalue weighted by molar-refractivity contribution is 7.92. The summed E-state index contributed by atoms with van der Waals surface area (Å²) in [6.45, 7) is 1.53. The Labute approximate surface area is 204 Å². The number of nitrogens with one attached hydrogen (secondary N) is 1. The van der Waals surface area contributed by atoms with Crippen molar-refractivity contribution in [3.8, 4) is 5.75 Å². The Balaban J connectivity index is 1.78. The molecule has 0 aliphatic carbocycles. The van der Waals surface area contributed by atoms with Crippen LogP contribution in [0.15, 0.2) is 82.8 Å². The van der Waals surface area contributed by atoms with E-state index < -0.39 is 31.9 Å². The lowest BCUT2D eigenvalue weighted by molar-refractivity contribution is 0.368. The standard InChI is InChI=1S/C24H24FN3O5S2/c1-3-34(29,30)27-20-8-4-6-17(14-20)23-16-24(18-7-5-9-21(15-18)33-2)28(26-23)35(31,32)22-12-10-19(25)11-13-22/h4-15,24,27H,3,16H2,1-2H3/t24-/m1/s1. The molecule has 35 heavy (non-hydrogen) atoms. The van der Waals surface area contributed by atoms with Gasteiger partial charge in [0, 0.05) is 12.1 Å². The van der Waals surface area contributed by atoms with Crippen LogP contribution in [0.3, 0.4) is 0 Å². The van der Waals surface area contributed by atoms with Crippen molar-refractivity contribution in [1.82, 2.24) is 4.41 Å². The van der Waals surface area contributed by atoms with Gasteiger partial charge in [0.2, 0.25) is 10.0 Å². The maximum atomic E-state index is 13.5. The van der Waals surface area contributed by atoms with Gasteiger partial charge in [-0.2, -0.15) is 17.9 Å². The molecule has 0 saturated carbocycles. The van der Waals surface area contributed by atoms with E-state index in [2.05, 4.69) is 9.82 Å². The fourth-order valence-corrected chi connectivity index (χ4v) is 5.77. The second-order valence-electron chi connectivity index (χ2n) is 7.86. The number of nitrogens with zero attached hydrogens (tertiary/aromatic N) is 2. The molecule has 184 valence electrons. The minimum absolute atomic E-state index is 0.0836. The molecular weight excluding hydrogens is 493 g/mol. The molecule has 0 fully saturated rings. The molecular formula is C24H24FN3O5S2. The third-order valence-electron chi connectivity index (χ3n) is 5.56. The predicted molar refractivity (Wildman–Crippen MR) is 132 cm³/mol. The average Bonchev–Trinajstić information content (AvgIpc) is 3.31. The van der Waals surface area contributed by atoms with Gasteiger partial charge in [-0.25, -0.2) is 12.8 Å². The quantitative estimate of drug-likeness (QED) is 0.484. The predicted octanol–water partition coefficient (Wildman–Crippen LogP) is 4.14. The lowest BCUT2D eigenvalue weighted by atomic mass is 9.99. The molecule has 0 bridgehead atoms. The van der Waals surface area contributed by atoms with Gasteiger partial charge < -0.3 is 4.74 Å². The van der Waals surface area contributed by atoms with E-state index >= 15 is 0 Å². The van der Waals surface area contributed by atoms with E-state index in [4.69, 9.17) is 4.74 Å². The van der Waals surface area contributed by atoms with Crippen LogP contribution in [0.1, 0.15) is 30.5 Å². The molecule has 0 spiro atoms. The van der Waals surface area contributed by atoms with E-state index in [-0.39, 0.29) is 17.1 Å². The van der Waals surface area contributed by atoms with Gasteiger partial charge in [0.25, 0.3) is 10.0 Å². The molecule has 1 aliphatic heterocycles. The van der Waals surface area contributed by atoms with Crippen molar-refractivity contribution >= 4 is 31.4 Å². The zero-order chi connectivity index (χ0) is 25.2. The van der Waals surface area contributed by atoms with Crippen LogP contribution < -0.4 is 9.46 Å². The molecule has 4 rings (SSSR count). The lowest BCUT2D eigenvalue weighted by Crippen LogP contribution is -2.27. The third-order valence-corrected chi connectivity index (χ3v) is 8.56. The van der Waals surface area contributed by atoms with Crippen LogP contribution in [0.5, 0.6) is 5.75 Å². The first-order valence-electron chi connectivity index (χ1n) is 10.8. The zero-order valence-electron chi connectivity index (χ0n) is 19.0. The first-order valence-corrected chi connectivity index (χ1v) is 13.8. The third kappa shape index (κ3) is 5.30. The topological polar surface area (TPSA) is 105 Å². The number of methoxy groups -OCH3 is 1. The second-order valence-corrected chi connectivity index (χ2v) is 11.7. The van der Waals surface area contributed by atoms with Gasteiger partial charge in [-0.05, 0) is 66.6 Å². The number of sulfonamides is 2. The number of rotatable bonds is 8. The minimum Gasteiger partial charge on any atom is -0.497 e. The monoisotopic (exact) mass is 517 g/mol. The fourth-order valence-electron chi connectivity index (χ4n) is 3.71. The first kappa shape index (κ1) is 24.7. The molecule has 0 radical (unpaired) electrons. The molecule has 3 aromatic rings. The SMILES string of the molecule is CCS(=O)(=O)Nc1cccc(C2=NN(S(=O)(=O)c3ccc(F)cc3)[C@@H](c3cccc(OC)c3)C2)c1. The highest BCUT2D eigenvalue weighted by Crippen LogP contribution is 2.38. The summed E-state index contributed by atoms with van der Waals surface area (Å²) < 4.78 is 73.3. The molecule has 11 heteroatoms. The second kappa shape index (κ2) is 9.67. The Hall–Kier alpha value is -3.44. The van der Waals surface area contributed by atoms with Gasteiger partial charge >= 0.3 is 0 Å². The zero-order valence-corrected chi connectivity index (χ0v) is 20.7. The Bertz CT molecular complexity index is 1470. The molecule has 8 nitrogen and oxygen atoms in total. The van der Waals surface area contributed by atoms with E-state index in [0.29, 0.717) is 28.3 Å². The molecule has 1 heterocycles. The van der Waals surface area contributed by atoms with Crippen LogP contribution in [0.2, 0.25) is 0 Å². The highest BCUT2D eigenvalue weighted by atomic mass is 32.2. The maximum absolute atomic E-state index is 13.5. The van der Waals surface area contributed by atoms with Crippen LogP contribution in [-0.4, -0.2) is 39.8 Å². The van der Waals surface area contributed by atoms with Crippen molar-refractivity contribution in [1.29, 1.82) is 0 Å². The van der Waals surface area contributed by atoms with Gasteiger partial charge in [0.05, 0.1) is 29.5 Å². The number of hydrogen-bond acceptors (Lipinski definition) is 6. The number of benzene rings is 3.